The van der Waals surface area contributed by atoms with Crippen LogP contribution in [0.15, 0.2) is 60.7 Å². The van der Waals surface area contributed by atoms with Crippen LogP contribution in [0.2, 0.25) is 5.04 Å². The number of rotatable bonds is 8. The molecule has 0 aliphatic carbocycles. The summed E-state index contributed by atoms with van der Waals surface area (Å²) in [6.07, 6.45) is 2.60. The normalized spacial score (nSPS) is 14.3. The van der Waals surface area contributed by atoms with Crippen molar-refractivity contribution in [3.63, 3.8) is 0 Å². The Morgan fingerprint density at radius 1 is 0.830 bits per heavy atom. The molecule has 1 fully saturated rings. The van der Waals surface area contributed by atoms with Gasteiger partial charge in [-0.05, 0) is 47.5 Å². The van der Waals surface area contributed by atoms with Crippen molar-refractivity contribution in [3.8, 4) is 11.8 Å². The number of hydrogen-bond acceptors (Lipinski definition) is 4. The van der Waals surface area contributed by atoms with Crippen molar-refractivity contribution in [1.82, 2.24) is 0 Å². The molecule has 13 heteroatoms. The van der Waals surface area contributed by atoms with Gasteiger partial charge in [0.25, 0.3) is 8.32 Å². The second kappa shape index (κ2) is 38.0. The molecule has 0 saturated carbocycles. The van der Waals surface area contributed by atoms with Gasteiger partial charge >= 0.3 is 67.8 Å². The number of hydrogen-bond donors (Lipinski definition) is 2. The predicted octanol–water partition coefficient (Wildman–Crippen LogP) is 3.41. The van der Waals surface area contributed by atoms with E-state index in [0.29, 0.717) is 13.0 Å². The van der Waals surface area contributed by atoms with Crippen molar-refractivity contribution >= 4 is 18.7 Å². The average Bonchev–Trinajstić information content (AvgIpc) is 3.11. The molecule has 0 amide bonds. The van der Waals surface area contributed by atoms with Gasteiger partial charge < -0.3 is 19.4 Å². The molecule has 3 rings (SSSR count). The predicted molar refractivity (Wildman–Crippen MR) is 160 cm³/mol. The minimum absolute atomic E-state index is 0. The van der Waals surface area contributed by atoms with Crippen molar-refractivity contribution in [1.29, 1.82) is 0 Å². The van der Waals surface area contributed by atoms with Gasteiger partial charge in [-0.3, -0.25) is 0 Å². The molecular formula is C34H38Co2O10Si. The first kappa shape index (κ1) is 56.8. The van der Waals surface area contributed by atoms with E-state index < -0.39 is 14.4 Å². The standard InChI is InChI=1S/C28H38O4Si.6CO.2Co/c1-28(2,3)33(24-15-6-4-7-16-24,25-17-8-5-9-18-25)32-22-11-14-23(29)13-10-20-27-26(30)19-12-21-31-27;6*1-2;;/h4-9,15-18,23,26-27,29-30H,10,12-13,19-22H2,1-3H3;;;;;;;;/t23?,26-,27+;;;;;;;;/m1......../s1. The fraction of sp³-hybridized carbons (Fsp3) is 0.412. The Morgan fingerprint density at radius 3 is 1.64 bits per heavy atom. The van der Waals surface area contributed by atoms with Crippen molar-refractivity contribution in [3.05, 3.63) is 101 Å². The Kier molecular flexibility index (Phi) is 45.9. The van der Waals surface area contributed by atoms with Crippen molar-refractivity contribution in [2.24, 2.45) is 0 Å². The molecule has 0 spiro atoms. The van der Waals surface area contributed by atoms with E-state index in [1.165, 1.54) is 10.4 Å². The molecule has 1 aliphatic heterocycles. The van der Waals surface area contributed by atoms with E-state index >= 15 is 0 Å². The maximum atomic E-state index is 10.3. The van der Waals surface area contributed by atoms with Gasteiger partial charge in [-0.2, -0.15) is 0 Å². The molecule has 2 radical (unpaired) electrons. The van der Waals surface area contributed by atoms with E-state index in [2.05, 4.69) is 121 Å². The van der Waals surface area contributed by atoms with Gasteiger partial charge in [-0.25, -0.2) is 0 Å². The number of ether oxygens (including phenoxy) is 1. The summed E-state index contributed by atoms with van der Waals surface area (Å²) in [5.41, 5.74) is 0. The average molecular weight is 753 g/mol. The fourth-order valence-electron chi connectivity index (χ4n) is 4.75. The third kappa shape index (κ3) is 21.2. The van der Waals surface area contributed by atoms with Crippen LogP contribution in [0.4, 0.5) is 0 Å². The van der Waals surface area contributed by atoms with Crippen LogP contribution in [0.1, 0.15) is 52.9 Å². The molecule has 2 aromatic rings. The molecule has 1 unspecified atom stereocenters. The topological polar surface area (TPSA) is 178 Å². The third-order valence-electron chi connectivity index (χ3n) is 6.42. The zero-order valence-corrected chi connectivity index (χ0v) is 29.4. The molecule has 1 saturated heterocycles. The molecule has 47 heavy (non-hydrogen) atoms. The van der Waals surface area contributed by atoms with Gasteiger partial charge in [0.05, 0.1) is 18.8 Å². The molecule has 2 N–H and O–H groups in total. The SMILES string of the molecule is CC(C)(C)[Si](OCC#CC(O)CCC[C@@H]1OCCC[C@H]1O)(c1ccccc1)c1ccccc1.[C-]#[O+].[C-]#[O+].[C-]#[O+].[C-]#[O+].[C-]#[O+].[C-]#[O+].[Co].[Co]. The Bertz CT molecular complexity index is 1100. The van der Waals surface area contributed by atoms with Gasteiger partial charge in [0.15, 0.2) is 0 Å². The molecule has 3 atom stereocenters. The molecule has 0 aromatic heterocycles. The Morgan fingerprint density at radius 2 is 1.26 bits per heavy atom. The molecule has 0 bridgehead atoms. The van der Waals surface area contributed by atoms with E-state index in [1.807, 2.05) is 12.1 Å². The van der Waals surface area contributed by atoms with Crippen LogP contribution >= 0.6 is 0 Å². The second-order valence-corrected chi connectivity index (χ2v) is 14.1. The van der Waals surface area contributed by atoms with E-state index in [4.69, 9.17) is 37.1 Å². The van der Waals surface area contributed by atoms with Crippen molar-refractivity contribution in [2.45, 2.75) is 76.2 Å². The van der Waals surface area contributed by atoms with Crippen LogP contribution in [-0.4, -0.2) is 50.1 Å². The Hall–Kier alpha value is -2.49. The van der Waals surface area contributed by atoms with Crippen molar-refractivity contribution in [2.75, 3.05) is 13.2 Å². The van der Waals surface area contributed by atoms with Gasteiger partial charge in [0.1, 0.15) is 6.10 Å². The molecule has 1 aliphatic rings. The van der Waals surface area contributed by atoms with Crippen LogP contribution in [-0.2, 0) is 70.6 Å². The summed E-state index contributed by atoms with van der Waals surface area (Å²) in [4.78, 5) is 0. The van der Waals surface area contributed by atoms with E-state index in [-0.39, 0.29) is 57.4 Å². The Labute approximate surface area is 300 Å². The molecular weight excluding hydrogens is 714 g/mol. The number of aliphatic hydroxyl groups excluding tert-OH is 2. The van der Waals surface area contributed by atoms with Gasteiger partial charge in [0, 0.05) is 40.2 Å². The van der Waals surface area contributed by atoms with Crippen molar-refractivity contribution < 1.29 is 80.8 Å². The minimum Gasteiger partial charge on any atom is 0 e. The maximum absolute atomic E-state index is 10.3. The first-order chi connectivity index (χ1) is 21.8. The van der Waals surface area contributed by atoms with E-state index in [1.54, 1.807) is 0 Å². The Balaban J connectivity index is -0.000000270. The summed E-state index contributed by atoms with van der Waals surface area (Å²) in [5, 5.41) is 22.7. The first-order valence-electron chi connectivity index (χ1n) is 13.3. The quantitative estimate of drug-likeness (QED) is 0.182. The summed E-state index contributed by atoms with van der Waals surface area (Å²) in [6, 6.07) is 21.0. The van der Waals surface area contributed by atoms with Crippen LogP contribution in [0.25, 0.3) is 0 Å². The number of benzene rings is 2. The minimum atomic E-state index is -2.61. The van der Waals surface area contributed by atoms with Crippen LogP contribution in [0.3, 0.4) is 0 Å². The smallest absolute Gasteiger partial charge is 0 e. The van der Waals surface area contributed by atoms with Gasteiger partial charge in [-0.15, -0.1) is 0 Å². The summed E-state index contributed by atoms with van der Waals surface area (Å²) in [5.74, 6) is 6.04. The van der Waals surface area contributed by atoms with E-state index in [0.717, 1.165) is 25.7 Å². The van der Waals surface area contributed by atoms with E-state index in [9.17, 15) is 10.2 Å². The van der Waals surface area contributed by atoms with Crippen LogP contribution in [0.5, 0.6) is 0 Å². The zero-order valence-electron chi connectivity index (χ0n) is 26.3. The molecule has 10 nitrogen and oxygen atoms in total. The number of aliphatic hydroxyl groups is 2. The summed E-state index contributed by atoms with van der Waals surface area (Å²) in [6.45, 7) is 34.7. The molecule has 1 heterocycles. The summed E-state index contributed by atoms with van der Waals surface area (Å²) < 4.78 is 57.4. The summed E-state index contributed by atoms with van der Waals surface area (Å²) in [7, 11) is -2.61. The first-order valence-corrected chi connectivity index (χ1v) is 15.2. The maximum Gasteiger partial charge on any atom is 0 e. The third-order valence-corrected chi connectivity index (χ3v) is 11.4. The van der Waals surface area contributed by atoms with Crippen LogP contribution < -0.4 is 10.4 Å². The summed E-state index contributed by atoms with van der Waals surface area (Å²) >= 11 is 0. The zero-order chi connectivity index (χ0) is 35.7. The molecule has 2 aromatic carbocycles. The second-order valence-electron chi connectivity index (χ2n) is 9.84. The fourth-order valence-corrected chi connectivity index (χ4v) is 9.19. The van der Waals surface area contributed by atoms with Crippen LogP contribution in [0, 0.1) is 51.7 Å². The monoisotopic (exact) mass is 752 g/mol. The largest absolute Gasteiger partial charge is 0 e. The van der Waals surface area contributed by atoms with Gasteiger partial charge in [0.2, 0.25) is 0 Å². The van der Waals surface area contributed by atoms with Gasteiger partial charge in [-0.1, -0.05) is 93.3 Å². The molecule has 256 valence electrons.